The predicted octanol–water partition coefficient (Wildman–Crippen LogP) is 1.24. The maximum Gasteiger partial charge on any atom is 0.211 e. The first-order valence-corrected chi connectivity index (χ1v) is 5.64. The van der Waals surface area contributed by atoms with Crippen LogP contribution in [0.2, 0.25) is 0 Å². The molecule has 0 heterocycles. The number of unbranched alkanes of at least 4 members (excludes halogenated alkanes) is 1. The Bertz CT molecular complexity index is 187. The summed E-state index contributed by atoms with van der Waals surface area (Å²) in [5, 5.41) is 4.67. The molecule has 4 heteroatoms. The quantitative estimate of drug-likeness (QED) is 0.690. The molecule has 3 nitrogen and oxygen atoms in total. The Hall–Kier alpha value is -0.0900. The standard InChI is InChI=1S/C7H17NO2S/c1-3-5-6-7(4-2)11(8,9)10/h7H,3-6H2,1-2H3,(H2,8,9,10). The van der Waals surface area contributed by atoms with Crippen molar-refractivity contribution < 1.29 is 8.42 Å². The van der Waals surface area contributed by atoms with Crippen molar-refractivity contribution in [3.8, 4) is 0 Å². The van der Waals surface area contributed by atoms with Crippen molar-refractivity contribution in [2.75, 3.05) is 0 Å². The molecule has 0 aliphatic heterocycles. The van der Waals surface area contributed by atoms with Gasteiger partial charge < -0.3 is 0 Å². The topological polar surface area (TPSA) is 60.2 Å². The maximum atomic E-state index is 10.8. The van der Waals surface area contributed by atoms with Crippen LogP contribution < -0.4 is 5.14 Å². The Morgan fingerprint density at radius 1 is 1.36 bits per heavy atom. The lowest BCUT2D eigenvalue weighted by Gasteiger charge is -2.10. The van der Waals surface area contributed by atoms with E-state index in [0.29, 0.717) is 12.8 Å². The van der Waals surface area contributed by atoms with Crippen LogP contribution in [0, 0.1) is 0 Å². The largest absolute Gasteiger partial charge is 0.228 e. The Morgan fingerprint density at radius 2 is 1.91 bits per heavy atom. The van der Waals surface area contributed by atoms with Gasteiger partial charge in [-0.15, -0.1) is 0 Å². The van der Waals surface area contributed by atoms with Crippen LogP contribution in [0.4, 0.5) is 0 Å². The molecule has 1 unspecified atom stereocenters. The summed E-state index contributed by atoms with van der Waals surface area (Å²) in [7, 11) is -3.29. The summed E-state index contributed by atoms with van der Waals surface area (Å²) in [6.07, 6.45) is 3.28. The SMILES string of the molecule is CCCCC(CC)S(N)(=O)=O. The highest BCUT2D eigenvalue weighted by atomic mass is 32.2. The number of hydrogen-bond donors (Lipinski definition) is 1. The van der Waals surface area contributed by atoms with Gasteiger partial charge >= 0.3 is 0 Å². The number of nitrogens with two attached hydrogens (primary N) is 1. The van der Waals surface area contributed by atoms with Crippen molar-refractivity contribution in [2.45, 2.75) is 44.8 Å². The highest BCUT2D eigenvalue weighted by molar-refractivity contribution is 7.89. The molecule has 0 saturated heterocycles. The minimum Gasteiger partial charge on any atom is -0.228 e. The van der Waals surface area contributed by atoms with E-state index < -0.39 is 10.0 Å². The van der Waals surface area contributed by atoms with Crippen LogP contribution in [0.3, 0.4) is 0 Å². The Kier molecular flexibility index (Phi) is 4.68. The van der Waals surface area contributed by atoms with Crippen molar-refractivity contribution in [1.29, 1.82) is 0 Å². The first kappa shape index (κ1) is 10.9. The second-order valence-corrected chi connectivity index (χ2v) is 4.61. The van der Waals surface area contributed by atoms with Crippen LogP contribution >= 0.6 is 0 Å². The molecule has 0 spiro atoms. The molecule has 1 atom stereocenters. The Labute approximate surface area is 69.0 Å². The van der Waals surface area contributed by atoms with Crippen LogP contribution in [0.15, 0.2) is 0 Å². The van der Waals surface area contributed by atoms with Gasteiger partial charge in [0.1, 0.15) is 0 Å². The third-order valence-corrected chi connectivity index (χ3v) is 3.30. The van der Waals surface area contributed by atoms with E-state index >= 15 is 0 Å². The molecule has 0 radical (unpaired) electrons. The van der Waals surface area contributed by atoms with E-state index in [-0.39, 0.29) is 5.25 Å². The Morgan fingerprint density at radius 3 is 2.18 bits per heavy atom. The third kappa shape index (κ3) is 4.37. The molecule has 11 heavy (non-hydrogen) atoms. The van der Waals surface area contributed by atoms with Gasteiger partial charge in [-0.2, -0.15) is 0 Å². The van der Waals surface area contributed by atoms with Gasteiger partial charge in [-0.1, -0.05) is 26.7 Å². The zero-order valence-corrected chi connectivity index (χ0v) is 8.02. The molecule has 0 bridgehead atoms. The molecule has 68 valence electrons. The maximum absolute atomic E-state index is 10.8. The fourth-order valence-corrected chi connectivity index (χ4v) is 1.99. The molecule has 0 saturated carbocycles. The van der Waals surface area contributed by atoms with E-state index in [4.69, 9.17) is 5.14 Å². The van der Waals surface area contributed by atoms with Crippen LogP contribution in [0.1, 0.15) is 39.5 Å². The minimum absolute atomic E-state index is 0.331. The highest BCUT2D eigenvalue weighted by Gasteiger charge is 2.17. The first-order valence-electron chi connectivity index (χ1n) is 4.04. The van der Waals surface area contributed by atoms with E-state index in [1.807, 2.05) is 13.8 Å². The van der Waals surface area contributed by atoms with Gasteiger partial charge in [0.2, 0.25) is 10.0 Å². The average Bonchev–Trinajstić information content (AvgIpc) is 1.87. The summed E-state index contributed by atoms with van der Waals surface area (Å²) < 4.78 is 21.7. The van der Waals surface area contributed by atoms with Gasteiger partial charge in [0.25, 0.3) is 0 Å². The fourth-order valence-electron chi connectivity index (χ4n) is 1.03. The summed E-state index contributed by atoms with van der Waals surface area (Å²) in [4.78, 5) is 0. The number of sulfonamides is 1. The predicted molar refractivity (Wildman–Crippen MR) is 46.7 cm³/mol. The summed E-state index contributed by atoms with van der Waals surface area (Å²) in [6.45, 7) is 3.89. The molecule has 0 aliphatic rings. The third-order valence-electron chi connectivity index (χ3n) is 1.80. The van der Waals surface area contributed by atoms with Gasteiger partial charge in [0.15, 0.2) is 0 Å². The second-order valence-electron chi connectivity index (χ2n) is 2.76. The van der Waals surface area contributed by atoms with Crippen molar-refractivity contribution in [3.05, 3.63) is 0 Å². The molecule has 0 aliphatic carbocycles. The number of hydrogen-bond acceptors (Lipinski definition) is 2. The van der Waals surface area contributed by atoms with Crippen LogP contribution in [0.5, 0.6) is 0 Å². The van der Waals surface area contributed by atoms with Gasteiger partial charge in [-0.25, -0.2) is 13.6 Å². The van der Waals surface area contributed by atoms with Crippen molar-refractivity contribution in [1.82, 2.24) is 0 Å². The van der Waals surface area contributed by atoms with Crippen LogP contribution in [-0.2, 0) is 10.0 Å². The first-order chi connectivity index (χ1) is 5.02. The lowest BCUT2D eigenvalue weighted by atomic mass is 10.2. The van der Waals surface area contributed by atoms with Gasteiger partial charge in [0.05, 0.1) is 5.25 Å². The smallest absolute Gasteiger partial charge is 0.211 e. The van der Waals surface area contributed by atoms with Crippen LogP contribution in [0.25, 0.3) is 0 Å². The normalized spacial score (nSPS) is 14.8. The van der Waals surface area contributed by atoms with E-state index in [1.165, 1.54) is 0 Å². The lowest BCUT2D eigenvalue weighted by Crippen LogP contribution is -2.27. The van der Waals surface area contributed by atoms with Crippen molar-refractivity contribution >= 4 is 10.0 Å². The summed E-state index contributed by atoms with van der Waals surface area (Å²) in [5.74, 6) is 0. The van der Waals surface area contributed by atoms with Gasteiger partial charge in [-0.3, -0.25) is 0 Å². The van der Waals surface area contributed by atoms with Crippen molar-refractivity contribution in [2.24, 2.45) is 5.14 Å². The van der Waals surface area contributed by atoms with Crippen molar-refractivity contribution in [3.63, 3.8) is 0 Å². The summed E-state index contributed by atoms with van der Waals surface area (Å²) in [6, 6.07) is 0. The average molecular weight is 179 g/mol. The molecule has 0 aromatic rings. The fraction of sp³-hybridized carbons (Fsp3) is 1.00. The minimum atomic E-state index is -3.29. The lowest BCUT2D eigenvalue weighted by molar-refractivity contribution is 0.559. The van der Waals surface area contributed by atoms with E-state index in [1.54, 1.807) is 0 Å². The molecular weight excluding hydrogens is 162 g/mol. The van der Waals surface area contributed by atoms with Gasteiger partial charge in [-0.05, 0) is 12.8 Å². The number of rotatable bonds is 5. The van der Waals surface area contributed by atoms with Crippen LogP contribution in [-0.4, -0.2) is 13.7 Å². The Balaban J connectivity index is 3.97. The molecule has 0 fully saturated rings. The zero-order chi connectivity index (χ0) is 8.91. The monoisotopic (exact) mass is 179 g/mol. The highest BCUT2D eigenvalue weighted by Crippen LogP contribution is 2.10. The van der Waals surface area contributed by atoms with Gasteiger partial charge in [0, 0.05) is 0 Å². The molecule has 0 aromatic heterocycles. The van der Waals surface area contributed by atoms with E-state index in [9.17, 15) is 8.42 Å². The molecule has 0 amide bonds. The summed E-state index contributed by atoms with van der Waals surface area (Å²) >= 11 is 0. The zero-order valence-electron chi connectivity index (χ0n) is 7.21. The summed E-state index contributed by atoms with van der Waals surface area (Å²) in [5.41, 5.74) is 0. The molecule has 2 N–H and O–H groups in total. The van der Waals surface area contributed by atoms with E-state index in [2.05, 4.69) is 0 Å². The molecule has 0 rings (SSSR count). The molecular formula is C7H17NO2S. The van der Waals surface area contributed by atoms with E-state index in [0.717, 1.165) is 12.8 Å². The second kappa shape index (κ2) is 4.72. The molecule has 0 aromatic carbocycles. The number of primary sulfonamides is 1.